The summed E-state index contributed by atoms with van der Waals surface area (Å²) in [7, 11) is 1.85. The van der Waals surface area contributed by atoms with Crippen LogP contribution in [0.25, 0.3) is 6.08 Å². The Morgan fingerprint density at radius 1 is 1.12 bits per heavy atom. The molecule has 2 aromatic rings. The Morgan fingerprint density at radius 2 is 1.88 bits per heavy atom. The summed E-state index contributed by atoms with van der Waals surface area (Å²) in [5.41, 5.74) is 3.64. The Balaban J connectivity index is 2.04. The first-order chi connectivity index (χ1) is 11.4. The highest BCUT2D eigenvalue weighted by molar-refractivity contribution is 7.80. The van der Waals surface area contributed by atoms with Gasteiger partial charge in [-0.1, -0.05) is 6.07 Å². The predicted molar refractivity (Wildman–Crippen MR) is 97.5 cm³/mol. The van der Waals surface area contributed by atoms with Gasteiger partial charge in [0.25, 0.3) is 11.8 Å². The SMILES string of the molecule is Cc1ccc(N2C(=O)/C(=C/c3cccn3C)C(=O)NC2=S)cc1C. The second kappa shape index (κ2) is 6.05. The molecular weight excluding hydrogens is 322 g/mol. The van der Waals surface area contributed by atoms with Crippen LogP contribution in [0.15, 0.2) is 42.1 Å². The molecule has 0 saturated carbocycles. The lowest BCUT2D eigenvalue weighted by Gasteiger charge is -2.29. The van der Waals surface area contributed by atoms with Crippen LogP contribution in [-0.2, 0) is 16.6 Å². The van der Waals surface area contributed by atoms with Crippen molar-refractivity contribution in [3.05, 3.63) is 58.9 Å². The number of aryl methyl sites for hydroxylation is 3. The molecule has 6 heteroatoms. The van der Waals surface area contributed by atoms with Crippen molar-refractivity contribution in [3.63, 3.8) is 0 Å². The summed E-state index contributed by atoms with van der Waals surface area (Å²) in [4.78, 5) is 26.5. The number of hydrogen-bond donors (Lipinski definition) is 1. The number of carbonyl (C=O) groups is 2. The molecule has 1 saturated heterocycles. The molecule has 2 heterocycles. The summed E-state index contributed by atoms with van der Waals surface area (Å²) in [6, 6.07) is 9.32. The van der Waals surface area contributed by atoms with E-state index in [1.54, 1.807) is 6.08 Å². The van der Waals surface area contributed by atoms with Crippen molar-refractivity contribution in [1.82, 2.24) is 9.88 Å². The van der Waals surface area contributed by atoms with Gasteiger partial charge in [0, 0.05) is 18.9 Å². The number of amides is 2. The van der Waals surface area contributed by atoms with E-state index in [0.717, 1.165) is 16.8 Å². The zero-order valence-electron chi connectivity index (χ0n) is 13.7. The molecule has 0 radical (unpaired) electrons. The predicted octanol–water partition coefficient (Wildman–Crippen LogP) is 2.47. The zero-order valence-corrected chi connectivity index (χ0v) is 14.5. The van der Waals surface area contributed by atoms with Gasteiger partial charge in [-0.05, 0) is 67.5 Å². The highest BCUT2D eigenvalue weighted by Gasteiger charge is 2.34. The third kappa shape index (κ3) is 2.76. The standard InChI is InChI=1S/C18H17N3O2S/c1-11-6-7-14(9-12(11)2)21-17(23)15(16(22)19-18(21)24)10-13-5-4-8-20(13)3/h4-10H,1-3H3,(H,19,22,24)/b15-10+. The van der Waals surface area contributed by atoms with E-state index in [1.807, 2.05) is 62.0 Å². The van der Waals surface area contributed by atoms with Crippen LogP contribution in [0.4, 0.5) is 5.69 Å². The molecule has 1 aliphatic rings. The second-order valence-corrected chi connectivity index (χ2v) is 6.16. The van der Waals surface area contributed by atoms with E-state index < -0.39 is 11.8 Å². The number of anilines is 1. The first-order valence-corrected chi connectivity index (χ1v) is 7.89. The highest BCUT2D eigenvalue weighted by Crippen LogP contribution is 2.24. The third-order valence-corrected chi connectivity index (χ3v) is 4.41. The molecule has 0 unspecified atom stereocenters. The quantitative estimate of drug-likeness (QED) is 0.519. The first-order valence-electron chi connectivity index (χ1n) is 7.48. The van der Waals surface area contributed by atoms with Gasteiger partial charge in [0.15, 0.2) is 5.11 Å². The molecule has 5 nitrogen and oxygen atoms in total. The molecule has 1 aromatic carbocycles. The minimum Gasteiger partial charge on any atom is -0.351 e. The van der Waals surface area contributed by atoms with Crippen LogP contribution in [0.1, 0.15) is 16.8 Å². The van der Waals surface area contributed by atoms with Crippen molar-refractivity contribution in [3.8, 4) is 0 Å². The van der Waals surface area contributed by atoms with Gasteiger partial charge in [0.1, 0.15) is 5.57 Å². The maximum Gasteiger partial charge on any atom is 0.270 e. The Labute approximate surface area is 145 Å². The molecule has 1 fully saturated rings. The third-order valence-electron chi connectivity index (χ3n) is 4.13. The Kier molecular flexibility index (Phi) is 4.07. The van der Waals surface area contributed by atoms with E-state index in [-0.39, 0.29) is 10.7 Å². The van der Waals surface area contributed by atoms with Crippen LogP contribution in [0.2, 0.25) is 0 Å². The summed E-state index contributed by atoms with van der Waals surface area (Å²) in [5, 5.41) is 2.69. The van der Waals surface area contributed by atoms with Crippen molar-refractivity contribution in [1.29, 1.82) is 0 Å². The van der Waals surface area contributed by atoms with Crippen molar-refractivity contribution in [2.45, 2.75) is 13.8 Å². The summed E-state index contributed by atoms with van der Waals surface area (Å²) in [6.07, 6.45) is 3.43. The number of aromatic nitrogens is 1. The van der Waals surface area contributed by atoms with Crippen LogP contribution in [0.3, 0.4) is 0 Å². The van der Waals surface area contributed by atoms with Gasteiger partial charge in [0.2, 0.25) is 0 Å². The average molecular weight is 339 g/mol. The van der Waals surface area contributed by atoms with Crippen LogP contribution in [0, 0.1) is 13.8 Å². The normalized spacial score (nSPS) is 16.7. The van der Waals surface area contributed by atoms with E-state index in [0.29, 0.717) is 5.69 Å². The summed E-state index contributed by atoms with van der Waals surface area (Å²) in [5.74, 6) is -0.903. The number of benzene rings is 1. The van der Waals surface area contributed by atoms with Crippen molar-refractivity contribution in [2.75, 3.05) is 4.90 Å². The molecule has 1 N–H and O–H groups in total. The highest BCUT2D eigenvalue weighted by atomic mass is 32.1. The molecule has 0 bridgehead atoms. The van der Waals surface area contributed by atoms with Crippen LogP contribution in [-0.4, -0.2) is 21.5 Å². The Hall–Kier alpha value is -2.73. The number of thiocarbonyl (C=S) groups is 1. The molecule has 1 aliphatic heterocycles. The summed E-state index contributed by atoms with van der Waals surface area (Å²) in [6.45, 7) is 3.97. The average Bonchev–Trinajstić information content (AvgIpc) is 2.92. The summed E-state index contributed by atoms with van der Waals surface area (Å²) >= 11 is 5.21. The fourth-order valence-corrected chi connectivity index (χ4v) is 2.81. The van der Waals surface area contributed by atoms with Crippen LogP contribution >= 0.6 is 12.2 Å². The maximum atomic E-state index is 12.9. The maximum absolute atomic E-state index is 12.9. The molecule has 1 aromatic heterocycles. The molecule has 122 valence electrons. The molecule has 0 aliphatic carbocycles. The smallest absolute Gasteiger partial charge is 0.270 e. The number of nitrogens with zero attached hydrogens (tertiary/aromatic N) is 2. The Morgan fingerprint density at radius 3 is 2.50 bits per heavy atom. The van der Waals surface area contributed by atoms with Crippen molar-refractivity contribution in [2.24, 2.45) is 7.05 Å². The van der Waals surface area contributed by atoms with Gasteiger partial charge in [0.05, 0.1) is 5.69 Å². The lowest BCUT2D eigenvalue weighted by molar-refractivity contribution is -0.122. The van der Waals surface area contributed by atoms with Gasteiger partial charge in [-0.25, -0.2) is 0 Å². The van der Waals surface area contributed by atoms with Crippen molar-refractivity contribution >= 4 is 40.9 Å². The van der Waals surface area contributed by atoms with Gasteiger partial charge in [-0.15, -0.1) is 0 Å². The fraction of sp³-hybridized carbons (Fsp3) is 0.167. The fourth-order valence-electron chi connectivity index (χ4n) is 2.53. The van der Waals surface area contributed by atoms with Crippen molar-refractivity contribution < 1.29 is 9.59 Å². The van der Waals surface area contributed by atoms with Crippen LogP contribution < -0.4 is 10.2 Å². The largest absolute Gasteiger partial charge is 0.351 e. The number of hydrogen-bond acceptors (Lipinski definition) is 3. The van der Waals surface area contributed by atoms with Crippen LogP contribution in [0.5, 0.6) is 0 Å². The molecule has 0 atom stereocenters. The van der Waals surface area contributed by atoms with E-state index in [2.05, 4.69) is 5.32 Å². The minimum atomic E-state index is -0.480. The summed E-state index contributed by atoms with van der Waals surface area (Å²) < 4.78 is 1.83. The van der Waals surface area contributed by atoms with Gasteiger partial charge >= 0.3 is 0 Å². The lowest BCUT2D eigenvalue weighted by Crippen LogP contribution is -2.54. The van der Waals surface area contributed by atoms with E-state index in [9.17, 15) is 9.59 Å². The Bertz CT molecular complexity index is 895. The molecule has 3 rings (SSSR count). The van der Waals surface area contributed by atoms with Gasteiger partial charge in [-0.3, -0.25) is 19.8 Å². The molecular formula is C18H17N3O2S. The molecule has 0 spiro atoms. The number of carbonyl (C=O) groups excluding carboxylic acids is 2. The zero-order chi connectivity index (χ0) is 17.4. The van der Waals surface area contributed by atoms with Gasteiger partial charge < -0.3 is 4.57 Å². The molecule has 24 heavy (non-hydrogen) atoms. The number of rotatable bonds is 2. The van der Waals surface area contributed by atoms with E-state index >= 15 is 0 Å². The lowest BCUT2D eigenvalue weighted by atomic mass is 10.1. The topological polar surface area (TPSA) is 54.3 Å². The number of nitrogens with one attached hydrogen (secondary N) is 1. The minimum absolute atomic E-state index is 0.0589. The first kappa shape index (κ1) is 16.1. The monoisotopic (exact) mass is 339 g/mol. The van der Waals surface area contributed by atoms with E-state index in [1.165, 1.54) is 4.90 Å². The van der Waals surface area contributed by atoms with Gasteiger partial charge in [-0.2, -0.15) is 0 Å². The van der Waals surface area contributed by atoms with E-state index in [4.69, 9.17) is 12.2 Å². The molecule has 2 amide bonds. The second-order valence-electron chi connectivity index (χ2n) is 5.77.